The number of nitrogens with zero attached hydrogens (tertiary/aromatic N) is 2. The van der Waals surface area contributed by atoms with Gasteiger partial charge in [-0.25, -0.2) is 4.98 Å². The van der Waals surface area contributed by atoms with Crippen molar-refractivity contribution in [3.63, 3.8) is 0 Å². The second-order valence-corrected chi connectivity index (χ2v) is 6.38. The SMILES string of the molecule is CC(C)(C)C(=O)Nc1cccc(NC(=O)CCn2ccnc2)c1. The number of aryl methyl sites for hydroxylation is 1. The van der Waals surface area contributed by atoms with Gasteiger partial charge in [-0.05, 0) is 18.2 Å². The molecule has 2 aromatic rings. The minimum Gasteiger partial charge on any atom is -0.337 e. The van der Waals surface area contributed by atoms with Gasteiger partial charge in [0.25, 0.3) is 0 Å². The lowest BCUT2D eigenvalue weighted by Crippen LogP contribution is -2.27. The van der Waals surface area contributed by atoms with Gasteiger partial charge in [0.05, 0.1) is 6.33 Å². The van der Waals surface area contributed by atoms with Crippen LogP contribution in [0.3, 0.4) is 0 Å². The Morgan fingerprint density at radius 3 is 2.48 bits per heavy atom. The van der Waals surface area contributed by atoms with E-state index in [-0.39, 0.29) is 11.8 Å². The van der Waals surface area contributed by atoms with Gasteiger partial charge in [-0.1, -0.05) is 26.8 Å². The molecule has 0 radical (unpaired) electrons. The van der Waals surface area contributed by atoms with E-state index in [1.165, 1.54) is 0 Å². The summed E-state index contributed by atoms with van der Waals surface area (Å²) in [7, 11) is 0. The third-order valence-electron chi connectivity index (χ3n) is 3.24. The number of hydrogen-bond donors (Lipinski definition) is 2. The lowest BCUT2D eigenvalue weighted by atomic mass is 9.95. The van der Waals surface area contributed by atoms with Crippen LogP contribution in [0.2, 0.25) is 0 Å². The Hall–Kier alpha value is -2.63. The number of hydrogen-bond acceptors (Lipinski definition) is 3. The Kier molecular flexibility index (Phi) is 5.16. The van der Waals surface area contributed by atoms with Gasteiger partial charge in [0, 0.05) is 42.1 Å². The Labute approximate surface area is 135 Å². The van der Waals surface area contributed by atoms with Crippen molar-refractivity contribution in [2.45, 2.75) is 33.7 Å². The number of amides is 2. The second-order valence-electron chi connectivity index (χ2n) is 6.38. The fourth-order valence-corrected chi connectivity index (χ4v) is 1.87. The molecule has 6 nitrogen and oxygen atoms in total. The molecule has 0 saturated carbocycles. The summed E-state index contributed by atoms with van der Waals surface area (Å²) in [5.41, 5.74) is 0.856. The van der Waals surface area contributed by atoms with E-state index in [9.17, 15) is 9.59 Å². The summed E-state index contributed by atoms with van der Waals surface area (Å²) in [6.45, 7) is 6.13. The first-order valence-corrected chi connectivity index (χ1v) is 7.52. The quantitative estimate of drug-likeness (QED) is 0.891. The molecule has 0 unspecified atom stereocenters. The predicted molar refractivity (Wildman–Crippen MR) is 90.0 cm³/mol. The van der Waals surface area contributed by atoms with E-state index >= 15 is 0 Å². The molecule has 0 atom stereocenters. The topological polar surface area (TPSA) is 76.0 Å². The lowest BCUT2D eigenvalue weighted by Gasteiger charge is -2.18. The first-order chi connectivity index (χ1) is 10.8. The number of rotatable bonds is 5. The molecule has 0 aliphatic rings. The van der Waals surface area contributed by atoms with Crippen LogP contribution in [0.4, 0.5) is 11.4 Å². The van der Waals surface area contributed by atoms with Crippen LogP contribution in [0.1, 0.15) is 27.2 Å². The zero-order valence-corrected chi connectivity index (χ0v) is 13.7. The molecule has 2 amide bonds. The van der Waals surface area contributed by atoms with E-state index in [2.05, 4.69) is 15.6 Å². The number of anilines is 2. The average molecular weight is 314 g/mol. The van der Waals surface area contributed by atoms with Gasteiger partial charge in [-0.2, -0.15) is 0 Å². The molecule has 23 heavy (non-hydrogen) atoms. The molecule has 0 spiro atoms. The van der Waals surface area contributed by atoms with Gasteiger partial charge in [0.2, 0.25) is 11.8 Å². The van der Waals surface area contributed by atoms with Crippen molar-refractivity contribution in [3.05, 3.63) is 43.0 Å². The molecule has 122 valence electrons. The maximum absolute atomic E-state index is 12.0. The monoisotopic (exact) mass is 314 g/mol. The van der Waals surface area contributed by atoms with Crippen molar-refractivity contribution in [2.75, 3.05) is 10.6 Å². The Morgan fingerprint density at radius 1 is 1.17 bits per heavy atom. The van der Waals surface area contributed by atoms with Crippen LogP contribution < -0.4 is 10.6 Å². The lowest BCUT2D eigenvalue weighted by molar-refractivity contribution is -0.123. The molecule has 2 N–H and O–H groups in total. The molecule has 6 heteroatoms. The van der Waals surface area contributed by atoms with Crippen molar-refractivity contribution >= 4 is 23.2 Å². The number of carbonyl (C=O) groups excluding carboxylic acids is 2. The van der Waals surface area contributed by atoms with Crippen LogP contribution in [0.25, 0.3) is 0 Å². The maximum atomic E-state index is 12.0. The normalized spacial score (nSPS) is 11.1. The van der Waals surface area contributed by atoms with Crippen LogP contribution in [-0.2, 0) is 16.1 Å². The smallest absolute Gasteiger partial charge is 0.229 e. The summed E-state index contributed by atoms with van der Waals surface area (Å²) in [6.07, 6.45) is 5.53. The predicted octanol–water partition coefficient (Wildman–Crippen LogP) is 2.90. The van der Waals surface area contributed by atoms with Crippen molar-refractivity contribution in [1.82, 2.24) is 9.55 Å². The summed E-state index contributed by atoms with van der Waals surface area (Å²) < 4.78 is 1.85. The molecule has 0 saturated heterocycles. The molecule has 0 aliphatic heterocycles. The standard InChI is InChI=1S/C17H22N4O2/c1-17(2,3)16(23)20-14-6-4-5-13(11-14)19-15(22)7-9-21-10-8-18-12-21/h4-6,8,10-12H,7,9H2,1-3H3,(H,19,22)(H,20,23). The van der Waals surface area contributed by atoms with Crippen molar-refractivity contribution in [3.8, 4) is 0 Å². The highest BCUT2D eigenvalue weighted by Gasteiger charge is 2.21. The van der Waals surface area contributed by atoms with Gasteiger partial charge >= 0.3 is 0 Å². The number of carbonyl (C=O) groups is 2. The van der Waals surface area contributed by atoms with E-state index < -0.39 is 5.41 Å². The average Bonchev–Trinajstić information content (AvgIpc) is 2.98. The van der Waals surface area contributed by atoms with Crippen LogP contribution in [0, 0.1) is 5.41 Å². The highest BCUT2D eigenvalue weighted by Crippen LogP contribution is 2.20. The summed E-state index contributed by atoms with van der Waals surface area (Å²) in [6, 6.07) is 7.13. The van der Waals surface area contributed by atoms with Crippen LogP contribution in [0.15, 0.2) is 43.0 Å². The fourth-order valence-electron chi connectivity index (χ4n) is 1.87. The zero-order valence-electron chi connectivity index (χ0n) is 13.7. The maximum Gasteiger partial charge on any atom is 0.229 e. The molecule has 1 heterocycles. The van der Waals surface area contributed by atoms with Gasteiger partial charge in [-0.3, -0.25) is 9.59 Å². The summed E-state index contributed by atoms with van der Waals surface area (Å²) in [4.78, 5) is 27.9. The number of benzene rings is 1. The fraction of sp³-hybridized carbons (Fsp3) is 0.353. The van der Waals surface area contributed by atoms with Crippen molar-refractivity contribution in [1.29, 1.82) is 0 Å². The third-order valence-corrected chi connectivity index (χ3v) is 3.24. The molecular formula is C17H22N4O2. The molecule has 2 rings (SSSR count). The Bertz CT molecular complexity index is 672. The van der Waals surface area contributed by atoms with Gasteiger partial charge in [0.1, 0.15) is 0 Å². The van der Waals surface area contributed by atoms with Crippen molar-refractivity contribution in [2.24, 2.45) is 5.41 Å². The largest absolute Gasteiger partial charge is 0.337 e. The van der Waals surface area contributed by atoms with Crippen LogP contribution in [0.5, 0.6) is 0 Å². The Morgan fingerprint density at radius 2 is 1.87 bits per heavy atom. The summed E-state index contributed by atoms with van der Waals surface area (Å²) >= 11 is 0. The molecular weight excluding hydrogens is 292 g/mol. The van der Waals surface area contributed by atoms with Gasteiger partial charge < -0.3 is 15.2 Å². The molecule has 1 aromatic heterocycles. The second kappa shape index (κ2) is 7.09. The van der Waals surface area contributed by atoms with E-state index in [4.69, 9.17) is 0 Å². The van der Waals surface area contributed by atoms with E-state index in [0.29, 0.717) is 24.3 Å². The molecule has 1 aromatic carbocycles. The summed E-state index contributed by atoms with van der Waals surface area (Å²) in [5, 5.41) is 5.68. The van der Waals surface area contributed by atoms with Crippen LogP contribution >= 0.6 is 0 Å². The minimum absolute atomic E-state index is 0.0684. The highest BCUT2D eigenvalue weighted by atomic mass is 16.2. The third kappa shape index (κ3) is 5.25. The zero-order chi connectivity index (χ0) is 16.9. The number of aromatic nitrogens is 2. The highest BCUT2D eigenvalue weighted by molar-refractivity contribution is 5.96. The van der Waals surface area contributed by atoms with E-state index in [1.807, 2.05) is 31.5 Å². The molecule has 0 aliphatic carbocycles. The molecule has 0 bridgehead atoms. The van der Waals surface area contributed by atoms with Gasteiger partial charge in [-0.15, -0.1) is 0 Å². The molecule has 0 fully saturated rings. The number of imidazole rings is 1. The van der Waals surface area contributed by atoms with E-state index in [1.54, 1.807) is 36.8 Å². The van der Waals surface area contributed by atoms with Gasteiger partial charge in [0.15, 0.2) is 0 Å². The minimum atomic E-state index is -0.468. The van der Waals surface area contributed by atoms with E-state index in [0.717, 1.165) is 0 Å². The van der Waals surface area contributed by atoms with Crippen LogP contribution in [-0.4, -0.2) is 21.4 Å². The first-order valence-electron chi connectivity index (χ1n) is 7.52. The summed E-state index contributed by atoms with van der Waals surface area (Å²) in [5.74, 6) is -0.154. The van der Waals surface area contributed by atoms with Crippen molar-refractivity contribution < 1.29 is 9.59 Å². The Balaban J connectivity index is 1.91. The number of nitrogens with one attached hydrogen (secondary N) is 2. The first kappa shape index (κ1) is 16.7.